The van der Waals surface area contributed by atoms with Crippen LogP contribution >= 0.6 is 0 Å². The summed E-state index contributed by atoms with van der Waals surface area (Å²) in [5.41, 5.74) is 0.247. The van der Waals surface area contributed by atoms with Crippen LogP contribution in [0.4, 0.5) is 0 Å². The highest BCUT2D eigenvalue weighted by atomic mass is 16.5. The van der Waals surface area contributed by atoms with E-state index in [-0.39, 0.29) is 29.8 Å². The zero-order valence-corrected chi connectivity index (χ0v) is 14.2. The predicted molar refractivity (Wildman–Crippen MR) is 83.7 cm³/mol. The molecule has 3 atom stereocenters. The molecule has 0 aromatic rings. The van der Waals surface area contributed by atoms with E-state index in [0.29, 0.717) is 18.4 Å². The van der Waals surface area contributed by atoms with Gasteiger partial charge in [0.2, 0.25) is 5.91 Å². The molecule has 0 aromatic heterocycles. The lowest BCUT2D eigenvalue weighted by molar-refractivity contribution is -0.144. The Morgan fingerprint density at radius 1 is 1.33 bits per heavy atom. The van der Waals surface area contributed by atoms with Crippen molar-refractivity contribution in [3.63, 3.8) is 0 Å². The van der Waals surface area contributed by atoms with Crippen LogP contribution in [0, 0.1) is 23.2 Å². The molecule has 1 amide bonds. The van der Waals surface area contributed by atoms with E-state index >= 15 is 0 Å². The molecular formula is C17H31NO3. The summed E-state index contributed by atoms with van der Waals surface area (Å²) in [6.45, 7) is 10.9. The van der Waals surface area contributed by atoms with Gasteiger partial charge in [0.1, 0.15) is 6.54 Å². The summed E-state index contributed by atoms with van der Waals surface area (Å²) in [5, 5.41) is 2.77. The van der Waals surface area contributed by atoms with Gasteiger partial charge in [0.25, 0.3) is 0 Å². The number of esters is 1. The molecule has 4 nitrogen and oxygen atoms in total. The molecule has 0 heterocycles. The van der Waals surface area contributed by atoms with Gasteiger partial charge in [-0.25, -0.2) is 0 Å². The van der Waals surface area contributed by atoms with Gasteiger partial charge in [-0.1, -0.05) is 34.1 Å². The van der Waals surface area contributed by atoms with E-state index in [1.807, 2.05) is 0 Å². The quantitative estimate of drug-likeness (QED) is 0.766. The Kier molecular flexibility index (Phi) is 6.69. The maximum atomic E-state index is 12.5. The third kappa shape index (κ3) is 5.01. The molecule has 1 fully saturated rings. The van der Waals surface area contributed by atoms with E-state index in [9.17, 15) is 9.59 Å². The van der Waals surface area contributed by atoms with Crippen molar-refractivity contribution in [1.82, 2.24) is 5.32 Å². The molecular weight excluding hydrogens is 266 g/mol. The van der Waals surface area contributed by atoms with Gasteiger partial charge < -0.3 is 10.1 Å². The second kappa shape index (κ2) is 7.81. The van der Waals surface area contributed by atoms with Gasteiger partial charge in [-0.2, -0.15) is 0 Å². The molecule has 0 aliphatic heterocycles. The highest BCUT2D eigenvalue weighted by Gasteiger charge is 2.41. The molecule has 21 heavy (non-hydrogen) atoms. The monoisotopic (exact) mass is 297 g/mol. The van der Waals surface area contributed by atoms with Gasteiger partial charge in [-0.15, -0.1) is 0 Å². The van der Waals surface area contributed by atoms with Crippen LogP contribution in [0.2, 0.25) is 0 Å². The lowest BCUT2D eigenvalue weighted by Gasteiger charge is -2.43. The molecule has 0 radical (unpaired) electrons. The Morgan fingerprint density at radius 2 is 2.00 bits per heavy atom. The average molecular weight is 297 g/mol. The minimum absolute atomic E-state index is 0.0122. The number of nitrogens with one attached hydrogen (secondary N) is 1. The maximum absolute atomic E-state index is 12.5. The molecule has 3 unspecified atom stereocenters. The molecule has 122 valence electrons. The van der Waals surface area contributed by atoms with E-state index < -0.39 is 0 Å². The fourth-order valence-electron chi connectivity index (χ4n) is 3.41. The van der Waals surface area contributed by atoms with E-state index in [1.165, 1.54) is 6.42 Å². The number of rotatable bonds is 6. The smallest absolute Gasteiger partial charge is 0.325 e. The normalized spacial score (nSPS) is 29.2. The minimum Gasteiger partial charge on any atom is -0.465 e. The Hall–Kier alpha value is -1.06. The largest absolute Gasteiger partial charge is 0.465 e. The molecule has 1 N–H and O–H groups in total. The van der Waals surface area contributed by atoms with E-state index in [0.717, 1.165) is 19.3 Å². The van der Waals surface area contributed by atoms with E-state index in [1.54, 1.807) is 6.92 Å². The molecule has 0 spiro atoms. The highest BCUT2D eigenvalue weighted by Crippen LogP contribution is 2.46. The Morgan fingerprint density at radius 3 is 2.52 bits per heavy atom. The first kappa shape index (κ1) is 18.0. The van der Waals surface area contributed by atoms with Crippen LogP contribution in [0.1, 0.15) is 60.3 Å². The van der Waals surface area contributed by atoms with E-state index in [4.69, 9.17) is 4.74 Å². The first-order valence-corrected chi connectivity index (χ1v) is 8.26. The summed E-state index contributed by atoms with van der Waals surface area (Å²) in [5.74, 6) is 0.567. The van der Waals surface area contributed by atoms with Crippen molar-refractivity contribution in [2.75, 3.05) is 13.2 Å². The van der Waals surface area contributed by atoms with Crippen molar-refractivity contribution in [1.29, 1.82) is 0 Å². The van der Waals surface area contributed by atoms with Crippen molar-refractivity contribution in [2.24, 2.45) is 23.2 Å². The third-order valence-corrected chi connectivity index (χ3v) is 5.07. The zero-order chi connectivity index (χ0) is 16.0. The molecule has 0 saturated heterocycles. The lowest BCUT2D eigenvalue weighted by Crippen LogP contribution is -2.44. The Balaban J connectivity index is 2.68. The molecule has 0 bridgehead atoms. The summed E-state index contributed by atoms with van der Waals surface area (Å²) in [6.07, 6.45) is 4.30. The van der Waals surface area contributed by atoms with Gasteiger partial charge in [0, 0.05) is 5.92 Å². The van der Waals surface area contributed by atoms with Gasteiger partial charge in [0.05, 0.1) is 6.61 Å². The number of amides is 1. The van der Waals surface area contributed by atoms with Crippen LogP contribution in [0.5, 0.6) is 0 Å². The third-order valence-electron chi connectivity index (χ3n) is 5.07. The summed E-state index contributed by atoms with van der Waals surface area (Å²) >= 11 is 0. The fourth-order valence-corrected chi connectivity index (χ4v) is 3.41. The number of hydrogen-bond acceptors (Lipinski definition) is 3. The lowest BCUT2D eigenvalue weighted by atomic mass is 9.62. The minimum atomic E-state index is -0.360. The number of carbonyl (C=O) groups is 2. The Bertz CT molecular complexity index is 367. The van der Waals surface area contributed by atoms with Crippen molar-refractivity contribution < 1.29 is 14.3 Å². The number of ether oxygens (including phenoxy) is 1. The summed E-state index contributed by atoms with van der Waals surface area (Å²) < 4.78 is 4.86. The maximum Gasteiger partial charge on any atom is 0.325 e. The standard InChI is InChI=1S/C17H31NO3/c1-6-17(5)9-8-13(12(3)4)14(10-17)16(20)18-11-15(19)21-7-2/h12-14H,6-11H2,1-5H3,(H,18,20). The average Bonchev–Trinajstić information content (AvgIpc) is 2.44. The predicted octanol–water partition coefficient (Wildman–Crippen LogP) is 3.15. The summed E-state index contributed by atoms with van der Waals surface area (Å²) in [7, 11) is 0. The zero-order valence-electron chi connectivity index (χ0n) is 14.2. The van der Waals surface area contributed by atoms with Crippen LogP contribution in [-0.4, -0.2) is 25.0 Å². The molecule has 0 aromatic carbocycles. The molecule has 4 heteroatoms. The van der Waals surface area contributed by atoms with Crippen LogP contribution in [-0.2, 0) is 14.3 Å². The van der Waals surface area contributed by atoms with Crippen molar-refractivity contribution in [3.8, 4) is 0 Å². The van der Waals surface area contributed by atoms with Crippen molar-refractivity contribution in [3.05, 3.63) is 0 Å². The number of carbonyl (C=O) groups excluding carboxylic acids is 2. The molecule has 1 aliphatic rings. The molecule has 1 aliphatic carbocycles. The van der Waals surface area contributed by atoms with Gasteiger partial charge in [0.15, 0.2) is 0 Å². The molecule has 1 saturated carbocycles. The second-order valence-electron chi connectivity index (χ2n) is 6.94. The van der Waals surface area contributed by atoms with Gasteiger partial charge in [-0.05, 0) is 43.4 Å². The van der Waals surface area contributed by atoms with Gasteiger partial charge >= 0.3 is 5.97 Å². The van der Waals surface area contributed by atoms with Crippen molar-refractivity contribution in [2.45, 2.75) is 60.3 Å². The second-order valence-corrected chi connectivity index (χ2v) is 6.94. The first-order valence-electron chi connectivity index (χ1n) is 8.26. The summed E-state index contributed by atoms with van der Waals surface area (Å²) in [6, 6.07) is 0. The van der Waals surface area contributed by atoms with Crippen LogP contribution < -0.4 is 5.32 Å². The first-order chi connectivity index (χ1) is 9.83. The number of hydrogen-bond donors (Lipinski definition) is 1. The molecule has 1 rings (SSSR count). The van der Waals surface area contributed by atoms with Crippen LogP contribution in [0.25, 0.3) is 0 Å². The SMILES string of the molecule is CCOC(=O)CNC(=O)C1CC(C)(CC)CCC1C(C)C. The van der Waals surface area contributed by atoms with Gasteiger partial charge in [-0.3, -0.25) is 9.59 Å². The Labute approximate surface area is 129 Å². The van der Waals surface area contributed by atoms with Crippen molar-refractivity contribution >= 4 is 11.9 Å². The fraction of sp³-hybridized carbons (Fsp3) is 0.882. The van der Waals surface area contributed by atoms with Crippen LogP contribution in [0.15, 0.2) is 0 Å². The summed E-state index contributed by atoms with van der Waals surface area (Å²) in [4.78, 5) is 23.9. The van der Waals surface area contributed by atoms with Crippen LogP contribution in [0.3, 0.4) is 0 Å². The van der Waals surface area contributed by atoms with E-state index in [2.05, 4.69) is 33.0 Å². The highest BCUT2D eigenvalue weighted by molar-refractivity contribution is 5.83. The topological polar surface area (TPSA) is 55.4 Å².